The van der Waals surface area contributed by atoms with Gasteiger partial charge < -0.3 is 4.74 Å². The number of halogens is 4. The first kappa shape index (κ1) is 15.4. The first-order valence-electron chi connectivity index (χ1n) is 5.94. The normalized spacial score (nSPS) is 11.2. The molecule has 0 unspecified atom stereocenters. The maximum atomic E-state index is 12.5. The highest BCUT2D eigenvalue weighted by molar-refractivity contribution is 6.32. The van der Waals surface area contributed by atoms with Crippen molar-refractivity contribution in [1.82, 2.24) is 0 Å². The summed E-state index contributed by atoms with van der Waals surface area (Å²) in [5.41, 5.74) is 0.382. The molecule has 0 amide bonds. The number of hydrogen-bond donors (Lipinski definition) is 0. The van der Waals surface area contributed by atoms with Crippen molar-refractivity contribution in [3.05, 3.63) is 64.2 Å². The monoisotopic (exact) mass is 314 g/mol. The Labute approximate surface area is 124 Å². The Morgan fingerprint density at radius 3 is 2.52 bits per heavy atom. The zero-order chi connectivity index (χ0) is 15.5. The molecule has 0 radical (unpaired) electrons. The molecule has 0 aliphatic carbocycles. The number of benzene rings is 2. The van der Waals surface area contributed by atoms with E-state index in [1.165, 1.54) is 6.07 Å². The van der Waals surface area contributed by atoms with Crippen molar-refractivity contribution in [1.29, 1.82) is 0 Å². The van der Waals surface area contributed by atoms with Crippen LogP contribution in [0.2, 0.25) is 5.02 Å². The number of carbonyl (C=O) groups excluding carboxylic acids is 1. The average Bonchev–Trinajstić information content (AvgIpc) is 2.45. The minimum absolute atomic E-state index is 0.104. The molecule has 110 valence electrons. The number of ether oxygens (including phenoxy) is 1. The van der Waals surface area contributed by atoms with Crippen LogP contribution < -0.4 is 4.74 Å². The fourth-order valence-corrected chi connectivity index (χ4v) is 1.95. The largest absolute Gasteiger partial charge is 0.487 e. The third-order valence-electron chi connectivity index (χ3n) is 2.74. The summed E-state index contributed by atoms with van der Waals surface area (Å²) in [5.74, 6) is 0.154. The molecule has 0 aliphatic rings. The highest BCUT2D eigenvalue weighted by Gasteiger charge is 2.31. The average molecular weight is 315 g/mol. The standard InChI is InChI=1S/C15H10ClF3O2/c16-13-7-12(15(17,18)19)4-5-14(13)21-9-11-3-1-2-10(6-11)8-20/h1-8H,9H2. The second-order valence-corrected chi connectivity index (χ2v) is 4.70. The molecule has 0 N–H and O–H groups in total. The molecule has 2 aromatic rings. The highest BCUT2D eigenvalue weighted by Crippen LogP contribution is 2.34. The number of hydrogen-bond acceptors (Lipinski definition) is 2. The zero-order valence-electron chi connectivity index (χ0n) is 10.7. The van der Waals surface area contributed by atoms with Crippen LogP contribution in [0.5, 0.6) is 5.75 Å². The number of carbonyl (C=O) groups is 1. The van der Waals surface area contributed by atoms with Crippen molar-refractivity contribution in [3.8, 4) is 5.75 Å². The molecule has 0 saturated heterocycles. The maximum absolute atomic E-state index is 12.5. The zero-order valence-corrected chi connectivity index (χ0v) is 11.4. The van der Waals surface area contributed by atoms with Crippen molar-refractivity contribution in [3.63, 3.8) is 0 Å². The van der Waals surface area contributed by atoms with E-state index in [2.05, 4.69) is 0 Å². The van der Waals surface area contributed by atoms with E-state index in [0.29, 0.717) is 11.8 Å². The number of alkyl halides is 3. The Kier molecular flexibility index (Phi) is 4.53. The molecule has 0 fully saturated rings. The molecule has 0 aromatic heterocycles. The van der Waals surface area contributed by atoms with Crippen LogP contribution >= 0.6 is 11.6 Å². The summed E-state index contributed by atoms with van der Waals surface area (Å²) in [4.78, 5) is 10.7. The van der Waals surface area contributed by atoms with Crippen LogP contribution in [-0.2, 0) is 12.8 Å². The van der Waals surface area contributed by atoms with Gasteiger partial charge in [0.2, 0.25) is 0 Å². The molecule has 2 rings (SSSR count). The van der Waals surface area contributed by atoms with Gasteiger partial charge >= 0.3 is 6.18 Å². The van der Waals surface area contributed by atoms with Gasteiger partial charge in [0.25, 0.3) is 0 Å². The van der Waals surface area contributed by atoms with E-state index in [4.69, 9.17) is 16.3 Å². The van der Waals surface area contributed by atoms with Crippen molar-refractivity contribution in [2.45, 2.75) is 12.8 Å². The van der Waals surface area contributed by atoms with Crippen molar-refractivity contribution in [2.24, 2.45) is 0 Å². The Hall–Kier alpha value is -2.01. The lowest BCUT2D eigenvalue weighted by Gasteiger charge is -2.11. The molecule has 6 heteroatoms. The SMILES string of the molecule is O=Cc1cccc(COc2ccc(C(F)(F)F)cc2Cl)c1. The second-order valence-electron chi connectivity index (χ2n) is 4.29. The van der Waals surface area contributed by atoms with Gasteiger partial charge in [-0.25, -0.2) is 0 Å². The Bertz CT molecular complexity index is 654. The van der Waals surface area contributed by atoms with E-state index in [1.54, 1.807) is 24.3 Å². The van der Waals surface area contributed by atoms with E-state index >= 15 is 0 Å². The van der Waals surface area contributed by atoms with Gasteiger partial charge in [0.15, 0.2) is 0 Å². The minimum atomic E-state index is -4.44. The van der Waals surface area contributed by atoms with Crippen LogP contribution in [0.15, 0.2) is 42.5 Å². The van der Waals surface area contributed by atoms with Crippen LogP contribution in [0.25, 0.3) is 0 Å². The van der Waals surface area contributed by atoms with Gasteiger partial charge in [0.1, 0.15) is 18.6 Å². The third kappa shape index (κ3) is 3.98. The van der Waals surface area contributed by atoms with Gasteiger partial charge in [-0.2, -0.15) is 13.2 Å². The fraction of sp³-hybridized carbons (Fsp3) is 0.133. The topological polar surface area (TPSA) is 26.3 Å². The summed E-state index contributed by atoms with van der Waals surface area (Å²) >= 11 is 5.78. The molecule has 0 saturated carbocycles. The predicted molar refractivity (Wildman–Crippen MR) is 72.6 cm³/mol. The van der Waals surface area contributed by atoms with Gasteiger partial charge in [-0.1, -0.05) is 29.8 Å². The summed E-state index contributed by atoms with van der Waals surface area (Å²) < 4.78 is 42.9. The highest BCUT2D eigenvalue weighted by atomic mass is 35.5. The van der Waals surface area contributed by atoms with Gasteiger partial charge in [-0.15, -0.1) is 0 Å². The summed E-state index contributed by atoms with van der Waals surface area (Å²) in [6.07, 6.45) is -3.74. The quantitative estimate of drug-likeness (QED) is 0.761. The van der Waals surface area contributed by atoms with Crippen molar-refractivity contribution in [2.75, 3.05) is 0 Å². The van der Waals surface area contributed by atoms with Crippen molar-refractivity contribution < 1.29 is 22.7 Å². The summed E-state index contributed by atoms with van der Waals surface area (Å²) in [7, 11) is 0. The van der Waals surface area contributed by atoms with Gasteiger partial charge in [0, 0.05) is 5.56 Å². The van der Waals surface area contributed by atoms with Crippen LogP contribution in [0.1, 0.15) is 21.5 Å². The molecule has 2 nitrogen and oxygen atoms in total. The molecule has 0 spiro atoms. The molecule has 0 atom stereocenters. The van der Waals surface area contributed by atoms with Crippen LogP contribution in [-0.4, -0.2) is 6.29 Å². The lowest BCUT2D eigenvalue weighted by Crippen LogP contribution is -2.05. The Balaban J connectivity index is 2.11. The van der Waals surface area contributed by atoms with Gasteiger partial charge in [0.05, 0.1) is 10.6 Å². The molecule has 0 aliphatic heterocycles. The summed E-state index contributed by atoms with van der Waals surface area (Å²) in [6, 6.07) is 9.60. The van der Waals surface area contributed by atoms with E-state index < -0.39 is 11.7 Å². The van der Waals surface area contributed by atoms with Crippen LogP contribution in [0, 0.1) is 0 Å². The summed E-state index contributed by atoms with van der Waals surface area (Å²) in [5, 5.41) is -0.114. The van der Waals surface area contributed by atoms with Gasteiger partial charge in [-0.3, -0.25) is 4.79 Å². The van der Waals surface area contributed by atoms with Crippen molar-refractivity contribution >= 4 is 17.9 Å². The van der Waals surface area contributed by atoms with Crippen LogP contribution in [0.4, 0.5) is 13.2 Å². The predicted octanol–water partition coefficient (Wildman–Crippen LogP) is 4.75. The third-order valence-corrected chi connectivity index (χ3v) is 3.04. The van der Waals surface area contributed by atoms with Gasteiger partial charge in [-0.05, 0) is 29.8 Å². The summed E-state index contributed by atoms with van der Waals surface area (Å²) in [6.45, 7) is 0.104. The molecular weight excluding hydrogens is 305 g/mol. The fourth-order valence-electron chi connectivity index (χ4n) is 1.71. The molecule has 0 heterocycles. The Morgan fingerprint density at radius 1 is 1.14 bits per heavy atom. The maximum Gasteiger partial charge on any atom is 0.416 e. The molecule has 21 heavy (non-hydrogen) atoms. The number of aldehydes is 1. The van der Waals surface area contributed by atoms with E-state index in [0.717, 1.165) is 17.7 Å². The van der Waals surface area contributed by atoms with E-state index in [9.17, 15) is 18.0 Å². The minimum Gasteiger partial charge on any atom is -0.487 e. The molecule has 0 bridgehead atoms. The molecule has 2 aromatic carbocycles. The first-order valence-corrected chi connectivity index (χ1v) is 6.31. The smallest absolute Gasteiger partial charge is 0.416 e. The lowest BCUT2D eigenvalue weighted by molar-refractivity contribution is -0.137. The van der Waals surface area contributed by atoms with E-state index in [-0.39, 0.29) is 17.4 Å². The molecular formula is C15H10ClF3O2. The Morgan fingerprint density at radius 2 is 1.90 bits per heavy atom. The number of rotatable bonds is 4. The van der Waals surface area contributed by atoms with E-state index in [1.807, 2.05) is 0 Å². The second kappa shape index (κ2) is 6.18. The first-order chi connectivity index (χ1) is 9.90. The lowest BCUT2D eigenvalue weighted by atomic mass is 10.1. The van der Waals surface area contributed by atoms with Crippen LogP contribution in [0.3, 0.4) is 0 Å².